The van der Waals surface area contributed by atoms with Gasteiger partial charge in [0.15, 0.2) is 11.5 Å². The Morgan fingerprint density at radius 3 is 2.57 bits per heavy atom. The van der Waals surface area contributed by atoms with Crippen LogP contribution in [0.15, 0.2) is 41.5 Å². The number of nitro groups is 1. The number of non-ortho nitro benzene ring substituents is 1. The average Bonchev–Trinajstić information content (AvgIpc) is 2.67. The molecule has 0 saturated heterocycles. The van der Waals surface area contributed by atoms with Crippen molar-refractivity contribution in [2.24, 2.45) is 5.10 Å². The van der Waals surface area contributed by atoms with E-state index in [-0.39, 0.29) is 11.3 Å². The van der Waals surface area contributed by atoms with E-state index in [1.807, 2.05) is 19.9 Å². The van der Waals surface area contributed by atoms with Crippen molar-refractivity contribution in [3.8, 4) is 11.5 Å². The van der Waals surface area contributed by atoms with Crippen LogP contribution in [0.3, 0.4) is 0 Å². The highest BCUT2D eigenvalue weighted by Crippen LogP contribution is 2.34. The summed E-state index contributed by atoms with van der Waals surface area (Å²) in [5.74, 6) is 0.844. The summed E-state index contributed by atoms with van der Waals surface area (Å²) in [5, 5.41) is 14.6. The second-order valence-corrected chi connectivity index (χ2v) is 6.78. The van der Waals surface area contributed by atoms with E-state index < -0.39 is 10.8 Å². The zero-order valence-electron chi connectivity index (χ0n) is 15.5. The first-order chi connectivity index (χ1) is 13.5. The highest BCUT2D eigenvalue weighted by molar-refractivity contribution is 14.1. The van der Waals surface area contributed by atoms with Crippen molar-refractivity contribution < 1.29 is 19.2 Å². The van der Waals surface area contributed by atoms with Crippen LogP contribution in [-0.2, 0) is 0 Å². The zero-order valence-corrected chi connectivity index (χ0v) is 17.6. The predicted molar refractivity (Wildman–Crippen MR) is 114 cm³/mol. The molecule has 2 aromatic carbocycles. The molecule has 0 bridgehead atoms. The lowest BCUT2D eigenvalue weighted by Crippen LogP contribution is -2.17. The second-order valence-electron chi connectivity index (χ2n) is 5.61. The van der Waals surface area contributed by atoms with Gasteiger partial charge in [0, 0.05) is 17.7 Å². The Labute approximate surface area is 176 Å². The fourth-order valence-electron chi connectivity index (χ4n) is 2.23. The van der Waals surface area contributed by atoms with E-state index in [1.165, 1.54) is 30.5 Å². The quantitative estimate of drug-likeness (QED) is 0.243. The summed E-state index contributed by atoms with van der Waals surface area (Å²) < 4.78 is 12.3. The third kappa shape index (κ3) is 5.91. The number of carbonyl (C=O) groups is 1. The second kappa shape index (κ2) is 10.6. The van der Waals surface area contributed by atoms with Gasteiger partial charge in [-0.05, 0) is 65.8 Å². The summed E-state index contributed by atoms with van der Waals surface area (Å²) in [6.07, 6.45) is 2.39. The normalized spacial score (nSPS) is 10.7. The van der Waals surface area contributed by atoms with Crippen LogP contribution < -0.4 is 14.9 Å². The average molecular weight is 497 g/mol. The summed E-state index contributed by atoms with van der Waals surface area (Å²) in [5.41, 5.74) is 3.33. The minimum atomic E-state index is -0.523. The molecule has 148 valence electrons. The number of rotatable bonds is 9. The molecule has 0 spiro atoms. The van der Waals surface area contributed by atoms with Crippen molar-refractivity contribution in [1.29, 1.82) is 0 Å². The number of nitro benzene ring substituents is 1. The van der Waals surface area contributed by atoms with Gasteiger partial charge in [-0.25, -0.2) is 5.43 Å². The Bertz CT molecular complexity index is 869. The first kappa shape index (κ1) is 21.6. The molecular weight excluding hydrogens is 477 g/mol. The standard InChI is InChI=1S/C19H20IN3O5/c1-3-9-28-18-16(20)10-13(11-17(18)27-4-2)12-21-22-19(24)14-5-7-15(8-6-14)23(25)26/h5-8,10-12H,3-4,9H2,1-2H3,(H,22,24)/b21-12+. The Morgan fingerprint density at radius 1 is 1.25 bits per heavy atom. The molecule has 2 aromatic rings. The van der Waals surface area contributed by atoms with Crippen LogP contribution in [0.4, 0.5) is 5.69 Å². The number of carbonyl (C=O) groups excluding carboxylic acids is 1. The number of hydrazone groups is 1. The summed E-state index contributed by atoms with van der Waals surface area (Å²) in [6.45, 7) is 5.01. The van der Waals surface area contributed by atoms with Gasteiger partial charge in [-0.1, -0.05) is 6.92 Å². The van der Waals surface area contributed by atoms with Crippen LogP contribution in [0.5, 0.6) is 11.5 Å². The largest absolute Gasteiger partial charge is 0.490 e. The molecule has 9 heteroatoms. The van der Waals surface area contributed by atoms with Crippen LogP contribution in [0.1, 0.15) is 36.2 Å². The molecule has 0 saturated carbocycles. The maximum atomic E-state index is 12.1. The lowest BCUT2D eigenvalue weighted by Gasteiger charge is -2.14. The van der Waals surface area contributed by atoms with Crippen LogP contribution in [0, 0.1) is 13.7 Å². The highest BCUT2D eigenvalue weighted by atomic mass is 127. The van der Waals surface area contributed by atoms with Crippen molar-refractivity contribution in [3.63, 3.8) is 0 Å². The first-order valence-electron chi connectivity index (χ1n) is 8.63. The molecule has 1 amide bonds. The third-order valence-electron chi connectivity index (χ3n) is 3.50. The van der Waals surface area contributed by atoms with Crippen molar-refractivity contribution >= 4 is 40.4 Å². The number of amides is 1. The number of halogens is 1. The molecule has 1 N–H and O–H groups in total. The van der Waals surface area contributed by atoms with Crippen molar-refractivity contribution in [2.45, 2.75) is 20.3 Å². The van der Waals surface area contributed by atoms with Crippen LogP contribution in [0.2, 0.25) is 0 Å². The first-order valence-corrected chi connectivity index (χ1v) is 9.71. The van der Waals surface area contributed by atoms with Gasteiger partial charge in [-0.2, -0.15) is 5.10 Å². The minimum absolute atomic E-state index is 0.0801. The fraction of sp³-hybridized carbons (Fsp3) is 0.263. The molecule has 0 radical (unpaired) electrons. The molecule has 0 fully saturated rings. The fourth-order valence-corrected chi connectivity index (χ4v) is 3.02. The van der Waals surface area contributed by atoms with Gasteiger partial charge < -0.3 is 9.47 Å². The lowest BCUT2D eigenvalue weighted by molar-refractivity contribution is -0.384. The molecule has 0 unspecified atom stereocenters. The molecular formula is C19H20IN3O5. The molecule has 0 aliphatic rings. The number of hydrogen-bond donors (Lipinski definition) is 1. The third-order valence-corrected chi connectivity index (χ3v) is 4.30. The van der Waals surface area contributed by atoms with Gasteiger partial charge in [-0.15, -0.1) is 0 Å². The molecule has 0 aliphatic carbocycles. The number of benzene rings is 2. The summed E-state index contributed by atoms with van der Waals surface area (Å²) in [7, 11) is 0. The Morgan fingerprint density at radius 2 is 1.96 bits per heavy atom. The van der Waals surface area contributed by atoms with E-state index in [4.69, 9.17) is 9.47 Å². The van der Waals surface area contributed by atoms with E-state index in [1.54, 1.807) is 6.07 Å². The summed E-state index contributed by atoms with van der Waals surface area (Å²) in [6, 6.07) is 8.94. The van der Waals surface area contributed by atoms with Crippen LogP contribution >= 0.6 is 22.6 Å². The Hall–Kier alpha value is -2.69. The Balaban J connectivity index is 2.10. The number of nitrogens with zero attached hydrogens (tertiary/aromatic N) is 2. The van der Waals surface area contributed by atoms with Crippen molar-refractivity contribution in [1.82, 2.24) is 5.43 Å². The molecule has 0 aromatic heterocycles. The van der Waals surface area contributed by atoms with E-state index in [0.29, 0.717) is 24.7 Å². The van der Waals surface area contributed by atoms with Gasteiger partial charge >= 0.3 is 0 Å². The van der Waals surface area contributed by atoms with Crippen LogP contribution in [-0.4, -0.2) is 30.3 Å². The maximum absolute atomic E-state index is 12.1. The van der Waals surface area contributed by atoms with Gasteiger partial charge in [0.1, 0.15) is 0 Å². The Kier molecular flexibility index (Phi) is 8.18. The van der Waals surface area contributed by atoms with E-state index in [2.05, 4.69) is 33.1 Å². The van der Waals surface area contributed by atoms with Crippen molar-refractivity contribution in [2.75, 3.05) is 13.2 Å². The SMILES string of the molecule is CCCOc1c(I)cc(/C=N/NC(=O)c2ccc([N+](=O)[O-])cc2)cc1OCC. The van der Waals surface area contributed by atoms with Crippen molar-refractivity contribution in [3.05, 3.63) is 61.2 Å². The van der Waals surface area contributed by atoms with Crippen LogP contribution in [0.25, 0.3) is 0 Å². The molecule has 0 atom stereocenters. The molecule has 8 nitrogen and oxygen atoms in total. The topological polar surface area (TPSA) is 103 Å². The molecule has 28 heavy (non-hydrogen) atoms. The van der Waals surface area contributed by atoms with E-state index in [9.17, 15) is 14.9 Å². The van der Waals surface area contributed by atoms with Gasteiger partial charge in [-0.3, -0.25) is 14.9 Å². The lowest BCUT2D eigenvalue weighted by atomic mass is 10.2. The van der Waals surface area contributed by atoms with Gasteiger partial charge in [0.05, 0.1) is 27.9 Å². The van der Waals surface area contributed by atoms with Gasteiger partial charge in [0.25, 0.3) is 11.6 Å². The molecule has 2 rings (SSSR count). The number of hydrogen-bond acceptors (Lipinski definition) is 6. The summed E-state index contributed by atoms with van der Waals surface area (Å²) >= 11 is 2.16. The van der Waals surface area contributed by atoms with E-state index in [0.717, 1.165) is 15.6 Å². The number of nitrogens with one attached hydrogen (secondary N) is 1. The highest BCUT2D eigenvalue weighted by Gasteiger charge is 2.12. The smallest absolute Gasteiger partial charge is 0.271 e. The monoisotopic (exact) mass is 497 g/mol. The maximum Gasteiger partial charge on any atom is 0.271 e. The predicted octanol–water partition coefficient (Wildman–Crippen LogP) is 4.15. The van der Waals surface area contributed by atoms with E-state index >= 15 is 0 Å². The molecule has 0 aliphatic heterocycles. The molecule has 0 heterocycles. The number of ether oxygens (including phenoxy) is 2. The minimum Gasteiger partial charge on any atom is -0.490 e. The summed E-state index contributed by atoms with van der Waals surface area (Å²) in [4.78, 5) is 22.2. The zero-order chi connectivity index (χ0) is 20.5. The van der Waals surface area contributed by atoms with Gasteiger partial charge in [0.2, 0.25) is 0 Å².